The second-order valence-corrected chi connectivity index (χ2v) is 4.69. The molecule has 1 saturated heterocycles. The van der Waals surface area contributed by atoms with Crippen LogP contribution in [-0.2, 0) is 4.79 Å². The van der Waals surface area contributed by atoms with E-state index in [2.05, 4.69) is 5.32 Å². The zero-order valence-electron chi connectivity index (χ0n) is 12.4. The largest absolute Gasteiger partial charge is 0.493 e. The van der Waals surface area contributed by atoms with E-state index in [0.29, 0.717) is 17.1 Å². The fraction of sp³-hybridized carbons (Fsp3) is 0.286. The highest BCUT2D eigenvalue weighted by atomic mass is 16.6. The Morgan fingerprint density at radius 1 is 1.22 bits per heavy atom. The molecule has 1 aliphatic heterocycles. The first kappa shape index (κ1) is 16.3. The van der Waals surface area contributed by atoms with Gasteiger partial charge in [0.15, 0.2) is 11.5 Å². The first-order valence-corrected chi connectivity index (χ1v) is 6.61. The van der Waals surface area contributed by atoms with Crippen LogP contribution in [0, 0.1) is 10.1 Å². The van der Waals surface area contributed by atoms with Gasteiger partial charge in [0.2, 0.25) is 0 Å². The van der Waals surface area contributed by atoms with Crippen molar-refractivity contribution in [2.24, 2.45) is 0 Å². The quantitative estimate of drug-likeness (QED) is 0.604. The topological polar surface area (TPSA) is 120 Å². The lowest BCUT2D eigenvalue weighted by Crippen LogP contribution is -2.62. The third-order valence-electron chi connectivity index (χ3n) is 3.27. The second kappa shape index (κ2) is 6.77. The molecule has 122 valence electrons. The molecule has 1 fully saturated rings. The number of carbonyl (C=O) groups excluding carboxylic acids is 2. The van der Waals surface area contributed by atoms with Gasteiger partial charge in [0.1, 0.15) is 6.04 Å². The summed E-state index contributed by atoms with van der Waals surface area (Å²) in [7, 11) is 2.99. The summed E-state index contributed by atoms with van der Waals surface area (Å²) in [6, 6.07) is 1.67. The summed E-state index contributed by atoms with van der Waals surface area (Å²) in [6.07, 6.45) is 2.95. The lowest BCUT2D eigenvalue weighted by Gasteiger charge is -2.23. The third kappa shape index (κ3) is 3.57. The molecular formula is C14H15N3O6. The number of hydrogen-bond acceptors (Lipinski definition) is 6. The summed E-state index contributed by atoms with van der Waals surface area (Å²) in [5.74, 6) is 0.0878. The molecule has 2 N–H and O–H groups in total. The Balaban J connectivity index is 2.24. The van der Waals surface area contributed by atoms with Gasteiger partial charge in [-0.1, -0.05) is 18.2 Å². The van der Waals surface area contributed by atoms with Crippen LogP contribution in [-0.4, -0.2) is 43.2 Å². The fourth-order valence-corrected chi connectivity index (χ4v) is 2.17. The number of hydrogen-bond donors (Lipinski definition) is 2. The Labute approximate surface area is 131 Å². The number of ether oxygens (including phenoxy) is 2. The predicted molar refractivity (Wildman–Crippen MR) is 79.8 cm³/mol. The zero-order valence-corrected chi connectivity index (χ0v) is 12.4. The maximum atomic E-state index is 11.6. The molecule has 1 aliphatic rings. The number of amides is 3. The van der Waals surface area contributed by atoms with Crippen LogP contribution in [0.25, 0.3) is 6.08 Å². The van der Waals surface area contributed by atoms with Crippen LogP contribution in [0.5, 0.6) is 11.5 Å². The van der Waals surface area contributed by atoms with Crippen LogP contribution >= 0.6 is 0 Å². The van der Waals surface area contributed by atoms with E-state index in [1.807, 2.05) is 5.32 Å². The molecule has 2 rings (SSSR count). The highest BCUT2D eigenvalue weighted by Gasteiger charge is 2.43. The summed E-state index contributed by atoms with van der Waals surface area (Å²) in [5.41, 5.74) is 0.671. The Bertz CT molecular complexity index is 672. The van der Waals surface area contributed by atoms with Crippen molar-refractivity contribution in [1.29, 1.82) is 0 Å². The fourth-order valence-electron chi connectivity index (χ4n) is 2.17. The van der Waals surface area contributed by atoms with Crippen molar-refractivity contribution >= 4 is 18.0 Å². The standard InChI is InChI=1S/C14H15N3O6/c1-22-10-6-4-8(7-11(10)23-2)3-5-9-12(17(20)21)13(18)16-14(19)15-9/h3-7,9,12H,1-2H3,(H2,15,16,18,19)/b5-3+. The summed E-state index contributed by atoms with van der Waals surface area (Å²) >= 11 is 0. The highest BCUT2D eigenvalue weighted by molar-refractivity contribution is 6.00. The summed E-state index contributed by atoms with van der Waals surface area (Å²) < 4.78 is 10.3. The molecule has 1 heterocycles. The van der Waals surface area contributed by atoms with E-state index in [1.165, 1.54) is 20.3 Å². The van der Waals surface area contributed by atoms with Crippen molar-refractivity contribution in [3.63, 3.8) is 0 Å². The minimum atomic E-state index is -1.58. The van der Waals surface area contributed by atoms with Crippen LogP contribution in [0.15, 0.2) is 24.3 Å². The normalized spacial score (nSPS) is 20.8. The van der Waals surface area contributed by atoms with E-state index in [4.69, 9.17) is 9.47 Å². The van der Waals surface area contributed by atoms with Crippen LogP contribution in [0.4, 0.5) is 4.79 Å². The number of carbonyl (C=O) groups is 2. The minimum Gasteiger partial charge on any atom is -0.493 e. The minimum absolute atomic E-state index is 0.492. The maximum Gasteiger partial charge on any atom is 0.322 e. The van der Waals surface area contributed by atoms with Crippen molar-refractivity contribution in [3.8, 4) is 11.5 Å². The Hall–Kier alpha value is -3.10. The van der Waals surface area contributed by atoms with E-state index in [0.717, 1.165) is 0 Å². The number of nitrogens with one attached hydrogen (secondary N) is 2. The number of urea groups is 1. The Morgan fingerprint density at radius 3 is 2.52 bits per heavy atom. The van der Waals surface area contributed by atoms with E-state index < -0.39 is 28.9 Å². The van der Waals surface area contributed by atoms with Gasteiger partial charge in [0.25, 0.3) is 0 Å². The number of rotatable bonds is 5. The van der Waals surface area contributed by atoms with Crippen LogP contribution < -0.4 is 20.1 Å². The zero-order chi connectivity index (χ0) is 17.0. The SMILES string of the molecule is COc1ccc(/C=C/C2NC(=O)NC(=O)C2[N+](=O)[O-])cc1OC. The van der Waals surface area contributed by atoms with E-state index >= 15 is 0 Å². The molecule has 3 amide bonds. The first-order valence-electron chi connectivity index (χ1n) is 6.61. The van der Waals surface area contributed by atoms with Crippen molar-refractivity contribution in [2.45, 2.75) is 12.1 Å². The highest BCUT2D eigenvalue weighted by Crippen LogP contribution is 2.28. The molecule has 0 aliphatic carbocycles. The monoisotopic (exact) mass is 321 g/mol. The molecule has 2 unspecified atom stereocenters. The molecule has 0 saturated carbocycles. The molecule has 1 aromatic rings. The molecule has 0 aromatic heterocycles. The molecule has 9 nitrogen and oxygen atoms in total. The average molecular weight is 321 g/mol. The molecule has 9 heteroatoms. The van der Waals surface area contributed by atoms with Gasteiger partial charge in [-0.3, -0.25) is 20.2 Å². The van der Waals surface area contributed by atoms with Crippen molar-refractivity contribution < 1.29 is 24.0 Å². The van der Waals surface area contributed by atoms with Gasteiger partial charge in [-0.15, -0.1) is 0 Å². The summed E-state index contributed by atoms with van der Waals surface area (Å²) in [5, 5.41) is 15.2. The van der Waals surface area contributed by atoms with Crippen LogP contribution in [0.2, 0.25) is 0 Å². The second-order valence-electron chi connectivity index (χ2n) is 4.69. The third-order valence-corrected chi connectivity index (χ3v) is 3.27. The average Bonchev–Trinajstić information content (AvgIpc) is 2.51. The summed E-state index contributed by atoms with van der Waals surface area (Å²) in [6.45, 7) is 0. The lowest BCUT2D eigenvalue weighted by atomic mass is 10.0. The van der Waals surface area contributed by atoms with Crippen molar-refractivity contribution in [1.82, 2.24) is 10.6 Å². The van der Waals surface area contributed by atoms with Crippen molar-refractivity contribution in [3.05, 3.63) is 40.0 Å². The van der Waals surface area contributed by atoms with E-state index in [-0.39, 0.29) is 0 Å². The molecule has 0 bridgehead atoms. The van der Waals surface area contributed by atoms with Crippen LogP contribution in [0.3, 0.4) is 0 Å². The lowest BCUT2D eigenvalue weighted by molar-refractivity contribution is -0.510. The van der Waals surface area contributed by atoms with Gasteiger partial charge in [0.05, 0.1) is 14.2 Å². The first-order chi connectivity index (χ1) is 11.0. The van der Waals surface area contributed by atoms with E-state index in [9.17, 15) is 19.7 Å². The number of nitro groups is 1. The number of imide groups is 1. The smallest absolute Gasteiger partial charge is 0.322 e. The predicted octanol–water partition coefficient (Wildman–Crippen LogP) is 0.570. The van der Waals surface area contributed by atoms with Gasteiger partial charge < -0.3 is 14.8 Å². The number of methoxy groups -OCH3 is 2. The Morgan fingerprint density at radius 2 is 1.91 bits per heavy atom. The van der Waals surface area contributed by atoms with Gasteiger partial charge in [-0.05, 0) is 17.7 Å². The molecule has 2 atom stereocenters. The molecule has 23 heavy (non-hydrogen) atoms. The van der Waals surface area contributed by atoms with E-state index in [1.54, 1.807) is 24.3 Å². The molecule has 1 aromatic carbocycles. The molecular weight excluding hydrogens is 306 g/mol. The number of benzene rings is 1. The van der Waals surface area contributed by atoms with Gasteiger partial charge in [-0.25, -0.2) is 4.79 Å². The van der Waals surface area contributed by atoms with Crippen LogP contribution in [0.1, 0.15) is 5.56 Å². The molecule has 0 radical (unpaired) electrons. The molecule has 0 spiro atoms. The Kier molecular flexibility index (Phi) is 4.79. The van der Waals surface area contributed by atoms with Gasteiger partial charge in [-0.2, -0.15) is 0 Å². The number of nitrogens with zero attached hydrogens (tertiary/aromatic N) is 1. The summed E-state index contributed by atoms with van der Waals surface area (Å²) in [4.78, 5) is 33.1. The van der Waals surface area contributed by atoms with Crippen molar-refractivity contribution in [2.75, 3.05) is 14.2 Å². The van der Waals surface area contributed by atoms with Gasteiger partial charge >= 0.3 is 18.0 Å². The maximum absolute atomic E-state index is 11.6. The van der Waals surface area contributed by atoms with Gasteiger partial charge in [0, 0.05) is 4.92 Å².